The van der Waals surface area contributed by atoms with Crippen molar-refractivity contribution >= 4 is 91.2 Å². The number of nitrogens with zero attached hydrogens (tertiary/aromatic N) is 2. The number of rotatable bonds is 11. The van der Waals surface area contributed by atoms with Gasteiger partial charge in [-0.05, 0) is 0 Å². The summed E-state index contributed by atoms with van der Waals surface area (Å²) in [6.45, 7) is 6.31. The van der Waals surface area contributed by atoms with Gasteiger partial charge in [-0.3, -0.25) is 0 Å². The van der Waals surface area contributed by atoms with Gasteiger partial charge in [0.25, 0.3) is 0 Å². The van der Waals surface area contributed by atoms with E-state index in [2.05, 4.69) is 41.8 Å². The van der Waals surface area contributed by atoms with Crippen LogP contribution in [-0.4, -0.2) is 96.7 Å². The van der Waals surface area contributed by atoms with Crippen LogP contribution < -0.4 is 9.18 Å². The molecule has 12 nitrogen and oxygen atoms in total. The zero-order chi connectivity index (χ0) is 28.6. The van der Waals surface area contributed by atoms with Crippen LogP contribution in [-0.2, 0) is 18.9 Å². The molecule has 0 spiro atoms. The molecule has 0 fully saturated rings. The fourth-order valence-corrected chi connectivity index (χ4v) is 10.3. The summed E-state index contributed by atoms with van der Waals surface area (Å²) in [6.07, 6.45) is 0. The normalized spacial score (nSPS) is 10.6. The number of aromatic hydroxyl groups is 2. The number of pyridine rings is 2. The molecule has 206 valence electrons. The predicted octanol–water partition coefficient (Wildman–Crippen LogP) is 1.39. The predicted molar refractivity (Wildman–Crippen MR) is 142 cm³/mol. The molecule has 2 rings (SSSR count). The topological polar surface area (TPSA) is 171 Å². The number of ether oxygens (including phenoxy) is 4. The number of aromatic nitrogens is 2. The third-order valence-corrected chi connectivity index (χ3v) is 11.8. The van der Waals surface area contributed by atoms with E-state index in [0.29, 0.717) is 0 Å². The Morgan fingerprint density at radius 3 is 1.13 bits per heavy atom. The third kappa shape index (κ3) is 7.24. The molecular weight excluding hydrogens is 770 g/mol. The van der Waals surface area contributed by atoms with Crippen molar-refractivity contribution in [3.05, 3.63) is 31.5 Å². The van der Waals surface area contributed by atoms with E-state index in [-0.39, 0.29) is 55.9 Å². The minimum atomic E-state index is -0.951. The van der Waals surface area contributed by atoms with E-state index in [1.807, 2.05) is 0 Å². The molecule has 38 heavy (non-hydrogen) atoms. The van der Waals surface area contributed by atoms with Gasteiger partial charge in [0.05, 0.1) is 0 Å². The Labute approximate surface area is 245 Å². The van der Waals surface area contributed by atoms with Crippen LogP contribution in [0.5, 0.6) is 11.5 Å². The van der Waals surface area contributed by atoms with E-state index >= 15 is 0 Å². The Hall–Kier alpha value is -2.22. The second-order valence-electron chi connectivity index (χ2n) is 6.66. The van der Waals surface area contributed by atoms with E-state index in [9.17, 15) is 29.4 Å². The van der Waals surface area contributed by atoms with Crippen molar-refractivity contribution in [1.82, 2.24) is 9.97 Å². The van der Waals surface area contributed by atoms with Crippen molar-refractivity contribution in [2.45, 2.75) is 27.7 Å². The van der Waals surface area contributed by atoms with E-state index in [1.54, 1.807) is 27.7 Å². The average Bonchev–Trinajstić information content (AvgIpc) is 2.85. The molecule has 2 aromatic rings. The minimum absolute atomic E-state index is 0.0137. The SMILES string of the molecule is CCOC(=O)c1c(Br)nc([Se][Se]c2nc(Br)c(C(=O)OCC)c(C(=O)OCC)c2O)c(O)c1C(=O)OCC. The second-order valence-corrected chi connectivity index (χ2v) is 14.1. The monoisotopic (exact) mass is 792 g/mol. The van der Waals surface area contributed by atoms with Gasteiger partial charge in [0.15, 0.2) is 0 Å². The molecule has 0 aromatic carbocycles. The molecule has 0 aliphatic heterocycles. The quantitative estimate of drug-likeness (QED) is 0.145. The number of hydrogen-bond donors (Lipinski definition) is 2. The van der Waals surface area contributed by atoms with Crippen molar-refractivity contribution in [3.63, 3.8) is 0 Å². The summed E-state index contributed by atoms with van der Waals surface area (Å²) in [5.41, 5.74) is -1.41. The summed E-state index contributed by atoms with van der Waals surface area (Å²) in [6, 6.07) is 0. The summed E-state index contributed by atoms with van der Waals surface area (Å²) in [5.74, 6) is -4.83. The Morgan fingerprint density at radius 1 is 0.605 bits per heavy atom. The second kappa shape index (κ2) is 14.8. The maximum absolute atomic E-state index is 12.6. The van der Waals surface area contributed by atoms with Crippen LogP contribution >= 0.6 is 31.9 Å². The van der Waals surface area contributed by atoms with Crippen LogP contribution in [0.3, 0.4) is 0 Å². The van der Waals surface area contributed by atoms with Crippen molar-refractivity contribution in [1.29, 1.82) is 0 Å². The van der Waals surface area contributed by atoms with Gasteiger partial charge < -0.3 is 0 Å². The molecule has 0 unspecified atom stereocenters. The molecule has 0 atom stereocenters. The molecule has 0 saturated carbocycles. The van der Waals surface area contributed by atoms with Gasteiger partial charge in [0.2, 0.25) is 0 Å². The molecule has 0 radical (unpaired) electrons. The van der Waals surface area contributed by atoms with E-state index in [0.717, 1.165) is 0 Å². The first-order valence-corrected chi connectivity index (χ1v) is 18.5. The van der Waals surface area contributed by atoms with Gasteiger partial charge in [-0.15, -0.1) is 0 Å². The summed E-state index contributed by atoms with van der Waals surface area (Å²) in [4.78, 5) is 58.6. The first-order chi connectivity index (χ1) is 18.0. The van der Waals surface area contributed by atoms with E-state index in [4.69, 9.17) is 18.9 Å². The summed E-state index contributed by atoms with van der Waals surface area (Å²) in [5, 5.41) is 21.8. The first kappa shape index (κ1) is 32.0. The molecule has 16 heteroatoms. The molecular formula is C22H22Br2N2O10Se2. The van der Waals surface area contributed by atoms with Gasteiger partial charge in [0, 0.05) is 0 Å². The standard InChI is InChI=1S/C22H22Br2N2O10Se2/c1-5-33-19(29)9-11(21(31)35-7-3)15(23)25-17(13(9)27)37-38-18-14(28)10(20(30)34-6-2)12(16(24)26-18)22(32)36-8-4/h27-28H,5-8H2,1-4H3. The number of carbonyl (C=O) groups is 4. The maximum atomic E-state index is 12.6. The third-order valence-electron chi connectivity index (χ3n) is 4.31. The van der Waals surface area contributed by atoms with Crippen LogP contribution in [0.1, 0.15) is 69.1 Å². The number of hydrogen-bond acceptors (Lipinski definition) is 12. The first-order valence-electron chi connectivity index (χ1n) is 10.9. The van der Waals surface area contributed by atoms with Crippen molar-refractivity contribution in [2.75, 3.05) is 26.4 Å². The van der Waals surface area contributed by atoms with Crippen LogP contribution in [0.4, 0.5) is 0 Å². The van der Waals surface area contributed by atoms with Gasteiger partial charge >= 0.3 is 247 Å². The Kier molecular flexibility index (Phi) is 12.5. The van der Waals surface area contributed by atoms with Crippen LogP contribution in [0.15, 0.2) is 9.21 Å². The van der Waals surface area contributed by atoms with Gasteiger partial charge in [-0.2, -0.15) is 0 Å². The number of carbonyl (C=O) groups excluding carboxylic acids is 4. The molecule has 2 heterocycles. The van der Waals surface area contributed by atoms with Gasteiger partial charge in [-0.1, -0.05) is 0 Å². The molecule has 2 aromatic heterocycles. The number of halogens is 2. The van der Waals surface area contributed by atoms with Crippen molar-refractivity contribution in [2.24, 2.45) is 0 Å². The Bertz CT molecular complexity index is 1160. The Balaban J connectivity index is 2.59. The summed E-state index contributed by atoms with van der Waals surface area (Å²) >= 11 is 4.82. The average molecular weight is 792 g/mol. The zero-order valence-corrected chi connectivity index (χ0v) is 27.1. The van der Waals surface area contributed by atoms with Gasteiger partial charge in [0.1, 0.15) is 0 Å². The van der Waals surface area contributed by atoms with E-state index in [1.165, 1.54) is 0 Å². The fraction of sp³-hybridized carbons (Fsp3) is 0.364. The molecule has 0 bridgehead atoms. The van der Waals surface area contributed by atoms with Crippen molar-refractivity contribution < 1.29 is 48.3 Å². The zero-order valence-electron chi connectivity index (χ0n) is 20.5. The van der Waals surface area contributed by atoms with E-state index < -0.39 is 72.8 Å². The molecule has 0 saturated heterocycles. The summed E-state index contributed by atoms with van der Waals surface area (Å²) < 4.78 is 20.0. The van der Waals surface area contributed by atoms with Crippen molar-refractivity contribution in [3.8, 4) is 11.5 Å². The molecule has 2 N–H and O–H groups in total. The molecule has 0 amide bonds. The summed E-state index contributed by atoms with van der Waals surface area (Å²) in [7, 11) is 0. The van der Waals surface area contributed by atoms with Crippen LogP contribution in [0.2, 0.25) is 0 Å². The fourth-order valence-electron chi connectivity index (χ4n) is 2.83. The van der Waals surface area contributed by atoms with Gasteiger partial charge in [-0.25, -0.2) is 0 Å². The molecule has 0 aliphatic rings. The Morgan fingerprint density at radius 2 is 0.868 bits per heavy atom. The van der Waals surface area contributed by atoms with Crippen LogP contribution in [0.25, 0.3) is 0 Å². The number of esters is 4. The van der Waals surface area contributed by atoms with Crippen LogP contribution in [0, 0.1) is 0 Å². The molecule has 0 aliphatic carbocycles.